The first-order valence-corrected chi connectivity index (χ1v) is 9.92. The van der Waals surface area contributed by atoms with Gasteiger partial charge in [-0.25, -0.2) is 4.79 Å². The Morgan fingerprint density at radius 2 is 1.97 bits per heavy atom. The van der Waals surface area contributed by atoms with Gasteiger partial charge in [-0.1, -0.05) is 0 Å². The number of benzene rings is 1. The van der Waals surface area contributed by atoms with E-state index in [1.54, 1.807) is 36.2 Å². The summed E-state index contributed by atoms with van der Waals surface area (Å²) in [5.74, 6) is 0.788. The second-order valence-corrected chi connectivity index (χ2v) is 7.65. The molecule has 1 aromatic carbocycles. The Morgan fingerprint density at radius 3 is 2.59 bits per heavy atom. The van der Waals surface area contributed by atoms with Crippen LogP contribution in [0.3, 0.4) is 0 Å². The summed E-state index contributed by atoms with van der Waals surface area (Å²) in [6, 6.07) is 5.41. The Kier molecular flexibility index (Phi) is 5.42. The minimum absolute atomic E-state index is 0.0522. The van der Waals surface area contributed by atoms with Crippen LogP contribution in [0, 0.1) is 5.92 Å². The zero-order chi connectivity index (χ0) is 20.4. The van der Waals surface area contributed by atoms with Crippen molar-refractivity contribution in [2.24, 2.45) is 5.92 Å². The van der Waals surface area contributed by atoms with Crippen molar-refractivity contribution < 1.29 is 24.2 Å². The van der Waals surface area contributed by atoms with Gasteiger partial charge >= 0.3 is 5.97 Å². The van der Waals surface area contributed by atoms with Crippen molar-refractivity contribution in [2.75, 3.05) is 26.8 Å². The number of likely N-dealkylation sites (tertiary alicyclic amines) is 1. The summed E-state index contributed by atoms with van der Waals surface area (Å²) >= 11 is 0. The molecule has 8 nitrogen and oxygen atoms in total. The third kappa shape index (κ3) is 4.36. The van der Waals surface area contributed by atoms with Crippen LogP contribution in [-0.4, -0.2) is 58.5 Å². The summed E-state index contributed by atoms with van der Waals surface area (Å²) in [5.41, 5.74) is 0.733. The summed E-state index contributed by atoms with van der Waals surface area (Å²) < 4.78 is 12.9. The summed E-state index contributed by atoms with van der Waals surface area (Å²) in [6.45, 7) is 1.79. The van der Waals surface area contributed by atoms with Gasteiger partial charge in [0.25, 0.3) is 5.91 Å². The van der Waals surface area contributed by atoms with Gasteiger partial charge in [0.2, 0.25) is 0 Å². The molecule has 154 valence electrons. The number of aromatic nitrogens is 2. The molecule has 2 heterocycles. The highest BCUT2D eigenvalue weighted by Crippen LogP contribution is 2.33. The van der Waals surface area contributed by atoms with Crippen molar-refractivity contribution in [1.82, 2.24) is 14.7 Å². The highest BCUT2D eigenvalue weighted by Gasteiger charge is 2.28. The molecule has 1 aliphatic carbocycles. The maximum absolute atomic E-state index is 13.1. The fraction of sp³-hybridized carbons (Fsp3) is 0.476. The van der Waals surface area contributed by atoms with Crippen molar-refractivity contribution in [2.45, 2.75) is 31.7 Å². The number of hydrogen-bond donors (Lipinski definition) is 1. The number of rotatable bonds is 7. The van der Waals surface area contributed by atoms with Gasteiger partial charge in [0.05, 0.1) is 37.1 Å². The first kappa shape index (κ1) is 19.3. The van der Waals surface area contributed by atoms with Gasteiger partial charge in [0.1, 0.15) is 11.5 Å². The van der Waals surface area contributed by atoms with E-state index in [1.165, 1.54) is 19.0 Å². The lowest BCUT2D eigenvalue weighted by molar-refractivity contribution is 0.0684. The van der Waals surface area contributed by atoms with Crippen LogP contribution >= 0.6 is 0 Å². The van der Waals surface area contributed by atoms with Crippen molar-refractivity contribution in [3.8, 4) is 11.5 Å². The maximum Gasteiger partial charge on any atom is 0.338 e. The fourth-order valence-corrected chi connectivity index (χ4v) is 3.57. The van der Waals surface area contributed by atoms with Crippen LogP contribution in [0.1, 0.15) is 52.4 Å². The van der Waals surface area contributed by atoms with Gasteiger partial charge < -0.3 is 19.5 Å². The van der Waals surface area contributed by atoms with E-state index >= 15 is 0 Å². The quantitative estimate of drug-likeness (QED) is 0.769. The van der Waals surface area contributed by atoms with Crippen LogP contribution in [0.4, 0.5) is 0 Å². The van der Waals surface area contributed by atoms with E-state index in [-0.39, 0.29) is 17.5 Å². The molecule has 0 bridgehead atoms. The number of piperidine rings is 1. The lowest BCUT2D eigenvalue weighted by Crippen LogP contribution is -2.39. The molecule has 1 aliphatic heterocycles. The van der Waals surface area contributed by atoms with Crippen LogP contribution in [0.2, 0.25) is 0 Å². The molecule has 1 saturated heterocycles. The van der Waals surface area contributed by atoms with Gasteiger partial charge in [0.15, 0.2) is 0 Å². The number of hydrogen-bond acceptors (Lipinski definition) is 5. The van der Waals surface area contributed by atoms with Gasteiger partial charge in [-0.05, 0) is 43.7 Å². The third-order valence-electron chi connectivity index (χ3n) is 5.56. The summed E-state index contributed by atoms with van der Waals surface area (Å²) in [4.78, 5) is 26.0. The molecule has 2 aliphatic rings. The number of carbonyl (C=O) groups is 2. The number of carbonyl (C=O) groups excluding carboxylic acids is 1. The van der Waals surface area contributed by atoms with E-state index in [0.717, 1.165) is 12.8 Å². The van der Waals surface area contributed by atoms with E-state index < -0.39 is 5.97 Å². The number of carboxylic acids is 1. The second kappa shape index (κ2) is 8.14. The zero-order valence-electron chi connectivity index (χ0n) is 16.4. The monoisotopic (exact) mass is 399 g/mol. The van der Waals surface area contributed by atoms with Crippen LogP contribution in [-0.2, 0) is 0 Å². The summed E-state index contributed by atoms with van der Waals surface area (Å²) in [6.07, 6.45) is 6.72. The molecule has 0 spiro atoms. The molecule has 1 aromatic heterocycles. The number of amides is 1. The largest absolute Gasteiger partial charge is 0.497 e. The van der Waals surface area contributed by atoms with E-state index in [0.29, 0.717) is 42.7 Å². The van der Waals surface area contributed by atoms with Crippen molar-refractivity contribution in [3.05, 3.63) is 41.7 Å². The van der Waals surface area contributed by atoms with Crippen molar-refractivity contribution in [1.29, 1.82) is 0 Å². The Morgan fingerprint density at radius 1 is 1.21 bits per heavy atom. The molecule has 0 radical (unpaired) electrons. The van der Waals surface area contributed by atoms with Gasteiger partial charge in [0, 0.05) is 25.4 Å². The first-order valence-electron chi connectivity index (χ1n) is 9.92. The lowest BCUT2D eigenvalue weighted by Gasteiger charge is -2.32. The van der Waals surface area contributed by atoms with Gasteiger partial charge in [-0.3, -0.25) is 9.48 Å². The molecule has 8 heteroatoms. The smallest absolute Gasteiger partial charge is 0.338 e. The molecule has 29 heavy (non-hydrogen) atoms. The predicted molar refractivity (Wildman–Crippen MR) is 105 cm³/mol. The average Bonchev–Trinajstić information content (AvgIpc) is 3.44. The lowest BCUT2D eigenvalue weighted by atomic mass is 10.0. The predicted octanol–water partition coefficient (Wildman–Crippen LogP) is 2.86. The Balaban J connectivity index is 1.42. The summed E-state index contributed by atoms with van der Waals surface area (Å²) in [5, 5.41) is 13.2. The topological polar surface area (TPSA) is 93.9 Å². The number of carboxylic acid groups (broad SMARTS) is 1. The molecule has 1 N–H and O–H groups in total. The molecule has 0 unspecified atom stereocenters. The highest BCUT2D eigenvalue weighted by atomic mass is 16.5. The van der Waals surface area contributed by atoms with E-state index in [4.69, 9.17) is 14.6 Å². The molecule has 1 amide bonds. The maximum atomic E-state index is 13.1. The van der Waals surface area contributed by atoms with Crippen molar-refractivity contribution >= 4 is 11.9 Å². The highest BCUT2D eigenvalue weighted by molar-refractivity contribution is 5.97. The first-order chi connectivity index (χ1) is 14.0. The van der Waals surface area contributed by atoms with Crippen LogP contribution in [0.15, 0.2) is 30.6 Å². The minimum atomic E-state index is -0.984. The van der Waals surface area contributed by atoms with Crippen LogP contribution < -0.4 is 9.47 Å². The number of methoxy groups -OCH3 is 1. The number of nitrogens with zero attached hydrogens (tertiary/aromatic N) is 3. The number of aromatic carboxylic acids is 1. The molecule has 2 aromatic rings. The molecule has 4 rings (SSSR count). The number of ether oxygens (including phenoxy) is 2. The third-order valence-corrected chi connectivity index (χ3v) is 5.56. The Labute approximate surface area is 169 Å². The fourth-order valence-electron chi connectivity index (χ4n) is 3.57. The standard InChI is InChI=1S/C21H25N3O5/c1-28-17-4-5-18(19(10-17)29-13-14-2-3-14)20(25)23-8-6-16(7-9-23)24-12-15(11-22-24)21(26)27/h4-5,10-12,14,16H,2-3,6-9,13H2,1H3,(H,26,27). The van der Waals surface area contributed by atoms with Crippen LogP contribution in [0.25, 0.3) is 0 Å². The SMILES string of the molecule is COc1ccc(C(=O)N2CCC(n3cc(C(=O)O)cn3)CC2)c(OCC2CC2)c1. The molecular weight excluding hydrogens is 374 g/mol. The van der Waals surface area contributed by atoms with E-state index in [9.17, 15) is 9.59 Å². The summed E-state index contributed by atoms with van der Waals surface area (Å²) in [7, 11) is 1.59. The second-order valence-electron chi connectivity index (χ2n) is 7.65. The Hall–Kier alpha value is -3.03. The van der Waals surface area contributed by atoms with Gasteiger partial charge in [-0.15, -0.1) is 0 Å². The molecular formula is C21H25N3O5. The van der Waals surface area contributed by atoms with E-state index in [2.05, 4.69) is 5.10 Å². The molecule has 0 atom stereocenters. The average molecular weight is 399 g/mol. The Bertz CT molecular complexity index is 897. The van der Waals surface area contributed by atoms with E-state index in [1.807, 2.05) is 4.90 Å². The minimum Gasteiger partial charge on any atom is -0.497 e. The zero-order valence-corrected chi connectivity index (χ0v) is 16.4. The molecule has 2 fully saturated rings. The van der Waals surface area contributed by atoms with Gasteiger partial charge in [-0.2, -0.15) is 5.10 Å². The van der Waals surface area contributed by atoms with Crippen molar-refractivity contribution in [3.63, 3.8) is 0 Å². The normalized spacial score (nSPS) is 17.2. The van der Waals surface area contributed by atoms with Crippen LogP contribution in [0.5, 0.6) is 11.5 Å². The molecule has 1 saturated carbocycles.